The number of ether oxygens (including phenoxy) is 1. The summed E-state index contributed by atoms with van der Waals surface area (Å²) in [6, 6.07) is 2.02. The average molecular weight is 409 g/mol. The van der Waals surface area contributed by atoms with Gasteiger partial charge in [-0.2, -0.15) is 36.0 Å². The standard InChI is InChI=1S/C15H10F7N5O/c1-6-3-10-24-25-13(15(20,21)22)27(10)26-11(6)8-4-9(16)12(23-5-8)28-7(2)14(17,18)19/h3-5,7H,1-2H3. The second kappa shape index (κ2) is 6.56. The smallest absolute Gasteiger partial charge is 0.453 e. The summed E-state index contributed by atoms with van der Waals surface area (Å²) in [4.78, 5) is 3.49. The summed E-state index contributed by atoms with van der Waals surface area (Å²) in [6.45, 7) is 2.16. The van der Waals surface area contributed by atoms with Crippen LogP contribution in [-0.4, -0.2) is 37.1 Å². The third-order valence-corrected chi connectivity index (χ3v) is 3.67. The Bertz CT molecular complexity index is 1030. The molecule has 0 aliphatic rings. The van der Waals surface area contributed by atoms with E-state index in [-0.39, 0.29) is 16.9 Å². The highest BCUT2D eigenvalue weighted by Crippen LogP contribution is 2.31. The van der Waals surface area contributed by atoms with E-state index in [1.807, 2.05) is 0 Å². The summed E-state index contributed by atoms with van der Waals surface area (Å²) in [5, 5.41) is 10.2. The van der Waals surface area contributed by atoms with Gasteiger partial charge in [0.1, 0.15) is 0 Å². The fraction of sp³-hybridized carbons (Fsp3) is 0.333. The predicted molar refractivity (Wildman–Crippen MR) is 79.9 cm³/mol. The summed E-state index contributed by atoms with van der Waals surface area (Å²) in [5.74, 6) is -3.50. The zero-order chi connectivity index (χ0) is 20.9. The molecule has 0 bridgehead atoms. The normalized spacial score (nSPS) is 13.8. The van der Waals surface area contributed by atoms with E-state index in [1.54, 1.807) is 0 Å². The number of rotatable bonds is 3. The lowest BCUT2D eigenvalue weighted by atomic mass is 10.1. The van der Waals surface area contributed by atoms with Crippen molar-refractivity contribution in [3.8, 4) is 17.1 Å². The van der Waals surface area contributed by atoms with E-state index < -0.39 is 36.0 Å². The van der Waals surface area contributed by atoms with Gasteiger partial charge in [0.2, 0.25) is 0 Å². The summed E-state index contributed by atoms with van der Waals surface area (Å²) in [5.41, 5.74) is -0.00142. The first-order valence-corrected chi connectivity index (χ1v) is 7.57. The van der Waals surface area contributed by atoms with E-state index in [2.05, 4.69) is 25.0 Å². The highest BCUT2D eigenvalue weighted by molar-refractivity contribution is 5.64. The Hall–Kier alpha value is -2.99. The van der Waals surface area contributed by atoms with Crippen LogP contribution in [0.3, 0.4) is 0 Å². The lowest BCUT2D eigenvalue weighted by molar-refractivity contribution is -0.190. The van der Waals surface area contributed by atoms with Gasteiger partial charge in [0.15, 0.2) is 17.6 Å². The van der Waals surface area contributed by atoms with Crippen LogP contribution >= 0.6 is 0 Å². The van der Waals surface area contributed by atoms with Crippen LogP contribution in [0.5, 0.6) is 5.88 Å². The molecule has 13 heteroatoms. The molecule has 0 N–H and O–H groups in total. The van der Waals surface area contributed by atoms with Gasteiger partial charge < -0.3 is 4.74 Å². The Morgan fingerprint density at radius 1 is 1.07 bits per heavy atom. The maximum absolute atomic E-state index is 14.1. The highest BCUT2D eigenvalue weighted by atomic mass is 19.4. The number of hydrogen-bond donors (Lipinski definition) is 0. The summed E-state index contributed by atoms with van der Waals surface area (Å²) in [6.07, 6.45) is -10.9. The van der Waals surface area contributed by atoms with E-state index in [0.717, 1.165) is 12.3 Å². The third kappa shape index (κ3) is 3.68. The van der Waals surface area contributed by atoms with Gasteiger partial charge in [-0.3, -0.25) is 0 Å². The van der Waals surface area contributed by atoms with E-state index in [9.17, 15) is 30.7 Å². The lowest BCUT2D eigenvalue weighted by Crippen LogP contribution is -2.31. The van der Waals surface area contributed by atoms with Crippen molar-refractivity contribution in [2.75, 3.05) is 0 Å². The number of nitrogens with zero attached hydrogens (tertiary/aromatic N) is 5. The molecule has 28 heavy (non-hydrogen) atoms. The van der Waals surface area contributed by atoms with Crippen molar-refractivity contribution in [1.82, 2.24) is 24.8 Å². The molecule has 3 rings (SSSR count). The van der Waals surface area contributed by atoms with Gasteiger partial charge in [-0.15, -0.1) is 10.2 Å². The van der Waals surface area contributed by atoms with E-state index in [4.69, 9.17) is 0 Å². The molecule has 1 unspecified atom stereocenters. The third-order valence-electron chi connectivity index (χ3n) is 3.67. The molecule has 0 aromatic carbocycles. The first kappa shape index (κ1) is 19.8. The first-order valence-electron chi connectivity index (χ1n) is 7.57. The molecule has 0 spiro atoms. The summed E-state index contributed by atoms with van der Waals surface area (Å²) >= 11 is 0. The quantitative estimate of drug-likeness (QED) is 0.613. The minimum atomic E-state index is -4.83. The van der Waals surface area contributed by atoms with Crippen molar-refractivity contribution in [1.29, 1.82) is 0 Å². The average Bonchev–Trinajstić information content (AvgIpc) is 2.97. The minimum Gasteiger partial charge on any atom is -0.463 e. The number of aryl methyl sites for hydroxylation is 1. The Labute approximate surface area is 152 Å². The Morgan fingerprint density at radius 3 is 2.32 bits per heavy atom. The van der Waals surface area contributed by atoms with Crippen LogP contribution in [0, 0.1) is 12.7 Å². The van der Waals surface area contributed by atoms with Gasteiger partial charge in [0.25, 0.3) is 11.7 Å². The molecule has 0 fully saturated rings. The molecule has 3 aromatic rings. The Morgan fingerprint density at radius 2 is 1.75 bits per heavy atom. The van der Waals surface area contributed by atoms with Gasteiger partial charge in [-0.1, -0.05) is 0 Å². The van der Waals surface area contributed by atoms with Crippen molar-refractivity contribution in [3.05, 3.63) is 35.5 Å². The molecule has 0 aliphatic heterocycles. The molecule has 3 heterocycles. The van der Waals surface area contributed by atoms with E-state index in [0.29, 0.717) is 17.0 Å². The number of hydrogen-bond acceptors (Lipinski definition) is 5. The molecule has 6 nitrogen and oxygen atoms in total. The van der Waals surface area contributed by atoms with Crippen LogP contribution in [0.4, 0.5) is 30.7 Å². The molecule has 0 saturated carbocycles. The number of alkyl halides is 6. The Balaban J connectivity index is 2.03. The SMILES string of the molecule is Cc1cc2nnc(C(F)(F)F)n2nc1-c1cnc(OC(C)C(F)(F)F)c(F)c1. The van der Waals surface area contributed by atoms with Crippen LogP contribution < -0.4 is 4.74 Å². The lowest BCUT2D eigenvalue weighted by Gasteiger charge is -2.17. The van der Waals surface area contributed by atoms with E-state index in [1.165, 1.54) is 13.0 Å². The summed E-state index contributed by atoms with van der Waals surface area (Å²) < 4.78 is 95.5. The zero-order valence-electron chi connectivity index (χ0n) is 14.1. The topological polar surface area (TPSA) is 65.2 Å². The van der Waals surface area contributed by atoms with Crippen molar-refractivity contribution >= 4 is 5.65 Å². The highest BCUT2D eigenvalue weighted by Gasteiger charge is 2.39. The van der Waals surface area contributed by atoms with Gasteiger partial charge in [-0.05, 0) is 31.5 Å². The van der Waals surface area contributed by atoms with Crippen LogP contribution in [0.1, 0.15) is 18.3 Å². The fourth-order valence-electron chi connectivity index (χ4n) is 2.26. The van der Waals surface area contributed by atoms with Gasteiger partial charge in [0, 0.05) is 11.8 Å². The molecule has 0 amide bonds. The maximum Gasteiger partial charge on any atom is 0.453 e. The van der Waals surface area contributed by atoms with Crippen LogP contribution in [0.2, 0.25) is 0 Å². The second-order valence-corrected chi connectivity index (χ2v) is 5.78. The van der Waals surface area contributed by atoms with Crippen molar-refractivity contribution in [2.45, 2.75) is 32.3 Å². The number of aromatic nitrogens is 5. The monoisotopic (exact) mass is 409 g/mol. The molecular formula is C15H10F7N5O. The molecular weight excluding hydrogens is 399 g/mol. The predicted octanol–water partition coefficient (Wildman–Crippen LogP) is 3.98. The molecule has 0 aliphatic carbocycles. The Kier molecular flexibility index (Phi) is 4.63. The van der Waals surface area contributed by atoms with Crippen molar-refractivity contribution in [2.24, 2.45) is 0 Å². The van der Waals surface area contributed by atoms with Gasteiger partial charge in [0.05, 0.1) is 5.69 Å². The maximum atomic E-state index is 14.1. The molecule has 1 atom stereocenters. The molecule has 0 radical (unpaired) electrons. The zero-order valence-corrected chi connectivity index (χ0v) is 14.1. The minimum absolute atomic E-state index is 0.0641. The molecule has 0 saturated heterocycles. The van der Waals surface area contributed by atoms with E-state index >= 15 is 0 Å². The van der Waals surface area contributed by atoms with Gasteiger partial charge in [-0.25, -0.2) is 9.37 Å². The molecule has 3 aromatic heterocycles. The van der Waals surface area contributed by atoms with Crippen LogP contribution in [0.25, 0.3) is 16.9 Å². The van der Waals surface area contributed by atoms with Crippen molar-refractivity contribution in [3.63, 3.8) is 0 Å². The van der Waals surface area contributed by atoms with Crippen LogP contribution in [0.15, 0.2) is 18.3 Å². The van der Waals surface area contributed by atoms with Crippen LogP contribution in [-0.2, 0) is 6.18 Å². The number of fused-ring (bicyclic) bond motifs is 1. The second-order valence-electron chi connectivity index (χ2n) is 5.78. The van der Waals surface area contributed by atoms with Gasteiger partial charge >= 0.3 is 12.4 Å². The summed E-state index contributed by atoms with van der Waals surface area (Å²) in [7, 11) is 0. The number of halogens is 7. The largest absolute Gasteiger partial charge is 0.463 e. The fourth-order valence-corrected chi connectivity index (χ4v) is 2.26. The first-order chi connectivity index (χ1) is 12.9. The number of pyridine rings is 1. The van der Waals surface area contributed by atoms with Crippen molar-refractivity contribution < 1.29 is 35.5 Å². The molecule has 150 valence electrons.